The second kappa shape index (κ2) is 8.99. The molecule has 0 fully saturated rings. The van der Waals surface area contributed by atoms with Crippen molar-refractivity contribution in [3.05, 3.63) is 30.1 Å². The Morgan fingerprint density at radius 1 is 1.20 bits per heavy atom. The normalized spacial score (nSPS) is 11.8. The van der Waals surface area contributed by atoms with Crippen LogP contribution in [0.2, 0.25) is 0 Å². The van der Waals surface area contributed by atoms with Crippen LogP contribution in [0.1, 0.15) is 45.9 Å². The number of imidazole rings is 1. The smallest absolute Gasteiger partial charge is 0.225 e. The molecule has 1 amide bonds. The number of aromatic nitrogens is 2. The lowest BCUT2D eigenvalue weighted by molar-refractivity contribution is -0.128. The summed E-state index contributed by atoms with van der Waals surface area (Å²) in [5.41, 5.74) is 1.91. The van der Waals surface area contributed by atoms with Gasteiger partial charge in [0.15, 0.2) is 0 Å². The molecule has 0 bridgehead atoms. The van der Waals surface area contributed by atoms with Gasteiger partial charge in [-0.1, -0.05) is 39.3 Å². The summed E-state index contributed by atoms with van der Waals surface area (Å²) < 4.78 is 7.50. The van der Waals surface area contributed by atoms with Crippen LogP contribution in [0.3, 0.4) is 0 Å². The van der Waals surface area contributed by atoms with E-state index in [1.54, 1.807) is 7.11 Å². The highest BCUT2D eigenvalue weighted by atomic mass is 16.5. The van der Waals surface area contributed by atoms with Crippen LogP contribution in [0, 0.1) is 5.41 Å². The third-order valence-electron chi connectivity index (χ3n) is 4.30. The number of fused-ring (bicyclic) bond motifs is 1. The summed E-state index contributed by atoms with van der Waals surface area (Å²) in [6.07, 6.45) is 4.10. The lowest BCUT2D eigenvalue weighted by Crippen LogP contribution is -2.35. The molecule has 138 valence electrons. The van der Waals surface area contributed by atoms with Gasteiger partial charge in [-0.2, -0.15) is 0 Å². The number of unbranched alkanes of at least 4 members (excludes halogenated alkanes) is 2. The van der Waals surface area contributed by atoms with E-state index in [4.69, 9.17) is 9.72 Å². The summed E-state index contributed by atoms with van der Waals surface area (Å²) in [5.74, 6) is 1.24. The molecule has 0 aliphatic rings. The summed E-state index contributed by atoms with van der Waals surface area (Å²) in [6, 6.07) is 8.25. The van der Waals surface area contributed by atoms with Gasteiger partial charge in [0.05, 0.1) is 17.6 Å². The Balaban J connectivity index is 1.83. The molecule has 0 saturated heterocycles. The fourth-order valence-corrected chi connectivity index (χ4v) is 2.80. The van der Waals surface area contributed by atoms with E-state index < -0.39 is 0 Å². The summed E-state index contributed by atoms with van der Waals surface area (Å²) >= 11 is 0. The molecular formula is C20H31N3O2. The summed E-state index contributed by atoms with van der Waals surface area (Å²) in [7, 11) is 1.73. The van der Waals surface area contributed by atoms with Crippen molar-refractivity contribution in [3.63, 3.8) is 0 Å². The summed E-state index contributed by atoms with van der Waals surface area (Å²) in [4.78, 5) is 16.6. The number of amides is 1. The van der Waals surface area contributed by atoms with Gasteiger partial charge in [-0.3, -0.25) is 4.79 Å². The first-order chi connectivity index (χ1) is 11.9. The second-order valence-corrected chi connectivity index (χ2v) is 7.48. The van der Waals surface area contributed by atoms with Crippen molar-refractivity contribution in [2.75, 3.05) is 20.3 Å². The van der Waals surface area contributed by atoms with Crippen molar-refractivity contribution in [2.24, 2.45) is 5.41 Å². The SMILES string of the molecule is COCCn1c(CCCCCNC(=O)C(C)(C)C)nc2ccccc21. The van der Waals surface area contributed by atoms with E-state index in [9.17, 15) is 4.79 Å². The van der Waals surface area contributed by atoms with E-state index >= 15 is 0 Å². The van der Waals surface area contributed by atoms with E-state index in [1.807, 2.05) is 26.8 Å². The number of hydrogen-bond donors (Lipinski definition) is 1. The zero-order valence-corrected chi connectivity index (χ0v) is 16.0. The number of aryl methyl sites for hydroxylation is 1. The predicted molar refractivity (Wildman–Crippen MR) is 102 cm³/mol. The van der Waals surface area contributed by atoms with Gasteiger partial charge in [0.25, 0.3) is 0 Å². The fourth-order valence-electron chi connectivity index (χ4n) is 2.80. The van der Waals surface area contributed by atoms with Gasteiger partial charge in [0, 0.05) is 32.0 Å². The molecule has 1 aromatic carbocycles. The quantitative estimate of drug-likeness (QED) is 0.707. The Morgan fingerprint density at radius 3 is 2.68 bits per heavy atom. The summed E-state index contributed by atoms with van der Waals surface area (Å²) in [6.45, 7) is 8.07. The van der Waals surface area contributed by atoms with Crippen LogP contribution in [-0.4, -0.2) is 35.7 Å². The Bertz CT molecular complexity index is 686. The molecule has 1 heterocycles. The van der Waals surface area contributed by atoms with Crippen LogP contribution >= 0.6 is 0 Å². The minimum atomic E-state index is -0.313. The summed E-state index contributed by atoms with van der Waals surface area (Å²) in [5, 5.41) is 3.01. The number of methoxy groups -OCH3 is 1. The van der Waals surface area contributed by atoms with E-state index in [0.29, 0.717) is 6.61 Å². The van der Waals surface area contributed by atoms with Crippen LogP contribution in [0.15, 0.2) is 24.3 Å². The first-order valence-corrected chi connectivity index (χ1v) is 9.15. The molecule has 0 atom stereocenters. The Labute approximate surface area is 150 Å². The molecule has 0 spiro atoms. The highest BCUT2D eigenvalue weighted by molar-refractivity contribution is 5.81. The van der Waals surface area contributed by atoms with Gasteiger partial charge < -0.3 is 14.6 Å². The minimum Gasteiger partial charge on any atom is -0.383 e. The van der Waals surface area contributed by atoms with Crippen molar-refractivity contribution in [3.8, 4) is 0 Å². The molecular weight excluding hydrogens is 314 g/mol. The molecule has 2 rings (SSSR count). The molecule has 2 aromatic rings. The first-order valence-electron chi connectivity index (χ1n) is 9.15. The fraction of sp³-hybridized carbons (Fsp3) is 0.600. The molecule has 1 N–H and O–H groups in total. The molecule has 5 heteroatoms. The van der Waals surface area contributed by atoms with Crippen molar-refractivity contribution in [1.29, 1.82) is 0 Å². The largest absolute Gasteiger partial charge is 0.383 e. The van der Waals surface area contributed by atoms with Crippen LogP contribution in [0.4, 0.5) is 0 Å². The van der Waals surface area contributed by atoms with Crippen LogP contribution < -0.4 is 5.32 Å². The third-order valence-corrected chi connectivity index (χ3v) is 4.30. The van der Waals surface area contributed by atoms with Crippen LogP contribution in [-0.2, 0) is 22.5 Å². The van der Waals surface area contributed by atoms with E-state index in [1.165, 1.54) is 5.52 Å². The number of ether oxygens (including phenoxy) is 1. The Hall–Kier alpha value is -1.88. The molecule has 1 aromatic heterocycles. The van der Waals surface area contributed by atoms with Crippen molar-refractivity contribution in [1.82, 2.24) is 14.9 Å². The highest BCUT2D eigenvalue weighted by Crippen LogP contribution is 2.18. The molecule has 0 unspecified atom stereocenters. The van der Waals surface area contributed by atoms with E-state index in [2.05, 4.69) is 28.1 Å². The molecule has 0 aliphatic carbocycles. The van der Waals surface area contributed by atoms with Gasteiger partial charge in [-0.05, 0) is 25.0 Å². The molecule has 5 nitrogen and oxygen atoms in total. The van der Waals surface area contributed by atoms with Crippen molar-refractivity contribution >= 4 is 16.9 Å². The van der Waals surface area contributed by atoms with Gasteiger partial charge >= 0.3 is 0 Å². The number of carbonyl (C=O) groups is 1. The van der Waals surface area contributed by atoms with Gasteiger partial charge in [0.1, 0.15) is 5.82 Å². The van der Waals surface area contributed by atoms with Gasteiger partial charge in [-0.15, -0.1) is 0 Å². The zero-order valence-electron chi connectivity index (χ0n) is 16.0. The Kier molecular flexibility index (Phi) is 7.00. The minimum absolute atomic E-state index is 0.119. The molecule has 25 heavy (non-hydrogen) atoms. The standard InChI is InChI=1S/C20H31N3O2/c1-20(2,3)19(24)21-13-9-5-6-12-18-22-16-10-7-8-11-17(16)23(18)14-15-25-4/h7-8,10-11H,5-6,9,12-15H2,1-4H3,(H,21,24). The maximum Gasteiger partial charge on any atom is 0.225 e. The zero-order chi connectivity index (χ0) is 18.3. The first kappa shape index (κ1) is 19.4. The lowest BCUT2D eigenvalue weighted by Gasteiger charge is -2.17. The van der Waals surface area contributed by atoms with Crippen LogP contribution in [0.25, 0.3) is 11.0 Å². The van der Waals surface area contributed by atoms with Gasteiger partial charge in [-0.25, -0.2) is 4.98 Å². The van der Waals surface area contributed by atoms with Crippen LogP contribution in [0.5, 0.6) is 0 Å². The number of nitrogens with one attached hydrogen (secondary N) is 1. The molecule has 0 radical (unpaired) electrons. The number of para-hydroxylation sites is 2. The monoisotopic (exact) mass is 345 g/mol. The number of hydrogen-bond acceptors (Lipinski definition) is 3. The van der Waals surface area contributed by atoms with Crippen molar-refractivity contribution in [2.45, 2.75) is 53.0 Å². The number of carbonyl (C=O) groups excluding carboxylic acids is 1. The number of benzene rings is 1. The van der Waals surface area contributed by atoms with E-state index in [-0.39, 0.29) is 11.3 Å². The second-order valence-electron chi connectivity index (χ2n) is 7.48. The lowest BCUT2D eigenvalue weighted by atomic mass is 9.96. The molecule has 0 aliphatic heterocycles. The average Bonchev–Trinajstić information content (AvgIpc) is 2.92. The van der Waals surface area contributed by atoms with Crippen molar-refractivity contribution < 1.29 is 9.53 Å². The number of rotatable bonds is 9. The van der Waals surface area contributed by atoms with Gasteiger partial charge in [0.2, 0.25) is 5.91 Å². The maximum atomic E-state index is 11.8. The average molecular weight is 345 g/mol. The maximum absolute atomic E-state index is 11.8. The highest BCUT2D eigenvalue weighted by Gasteiger charge is 2.20. The Morgan fingerprint density at radius 2 is 1.96 bits per heavy atom. The topological polar surface area (TPSA) is 56.1 Å². The third kappa shape index (κ3) is 5.56. The number of nitrogens with zero attached hydrogens (tertiary/aromatic N) is 2. The van der Waals surface area contributed by atoms with E-state index in [0.717, 1.165) is 50.1 Å². The molecule has 0 saturated carbocycles. The predicted octanol–water partition coefficient (Wildman–Crippen LogP) is 3.56.